The Labute approximate surface area is 147 Å². The van der Waals surface area contributed by atoms with Gasteiger partial charge in [-0.1, -0.05) is 18.2 Å². The quantitative estimate of drug-likeness (QED) is 0.491. The molecule has 138 valence electrons. The minimum absolute atomic E-state index is 0.0134. The van der Waals surface area contributed by atoms with E-state index >= 15 is 0 Å². The van der Waals surface area contributed by atoms with Gasteiger partial charge in [0.05, 0.1) is 11.6 Å². The van der Waals surface area contributed by atoms with Crippen LogP contribution in [0.5, 0.6) is 0 Å². The Bertz CT molecular complexity index is 792. The number of anilines is 1. The zero-order valence-electron chi connectivity index (χ0n) is 13.6. The van der Waals surface area contributed by atoms with Crippen LogP contribution in [-0.4, -0.2) is 17.1 Å². The van der Waals surface area contributed by atoms with Crippen LogP contribution in [0, 0.1) is 0 Å². The van der Waals surface area contributed by atoms with Crippen molar-refractivity contribution in [1.29, 1.82) is 0 Å². The van der Waals surface area contributed by atoms with E-state index in [9.17, 15) is 22.8 Å². The van der Waals surface area contributed by atoms with Gasteiger partial charge in [-0.15, -0.1) is 0 Å². The summed E-state index contributed by atoms with van der Waals surface area (Å²) in [5, 5.41) is 13.5. The van der Waals surface area contributed by atoms with Gasteiger partial charge in [0.2, 0.25) is 0 Å². The fourth-order valence-corrected chi connectivity index (χ4v) is 2.21. The minimum atomic E-state index is -4.50. The molecule has 2 aromatic carbocycles. The third kappa shape index (κ3) is 4.96. The van der Waals surface area contributed by atoms with Gasteiger partial charge in [0.1, 0.15) is 0 Å². The normalized spacial score (nSPS) is 12.2. The van der Waals surface area contributed by atoms with Gasteiger partial charge in [0, 0.05) is 11.3 Å². The van der Waals surface area contributed by atoms with Crippen molar-refractivity contribution >= 4 is 17.6 Å². The average molecular weight is 367 g/mol. The number of amides is 3. The summed E-state index contributed by atoms with van der Waals surface area (Å²) in [6.07, 6.45) is -4.50. The molecule has 0 aromatic heterocycles. The highest BCUT2D eigenvalue weighted by Crippen LogP contribution is 2.30. The van der Waals surface area contributed by atoms with Crippen molar-refractivity contribution in [2.75, 3.05) is 5.32 Å². The first-order valence-corrected chi connectivity index (χ1v) is 7.50. The molecule has 2 rings (SSSR count). The maximum Gasteiger partial charge on any atom is 0.416 e. The number of alkyl halides is 3. The molecule has 4 N–H and O–H groups in total. The molecule has 0 spiro atoms. The summed E-state index contributed by atoms with van der Waals surface area (Å²) >= 11 is 0. The topological polar surface area (TPSA) is 90.5 Å². The van der Waals surface area contributed by atoms with Gasteiger partial charge >= 0.3 is 12.2 Å². The van der Waals surface area contributed by atoms with Crippen molar-refractivity contribution in [2.24, 2.45) is 0 Å². The van der Waals surface area contributed by atoms with Crippen LogP contribution in [-0.2, 0) is 6.18 Å². The third-order valence-electron chi connectivity index (χ3n) is 3.57. The zero-order valence-corrected chi connectivity index (χ0v) is 13.6. The standard InChI is InChI=1S/C17H16F3N3O3/c1-10(11-5-7-12(8-6-11)15(24)23-26)21-16(25)22-14-4-2-3-13(9-14)17(18,19)20/h2-10,26H,1H3,(H,23,24)(H2,21,22,25). The Morgan fingerprint density at radius 2 is 1.73 bits per heavy atom. The lowest BCUT2D eigenvalue weighted by Gasteiger charge is -2.16. The summed E-state index contributed by atoms with van der Waals surface area (Å²) in [5.74, 6) is -0.667. The van der Waals surface area contributed by atoms with Gasteiger partial charge in [0.25, 0.3) is 5.91 Å². The van der Waals surface area contributed by atoms with Crippen LogP contribution < -0.4 is 16.1 Å². The number of benzene rings is 2. The SMILES string of the molecule is CC(NC(=O)Nc1cccc(C(F)(F)F)c1)c1ccc(C(=O)NO)cc1. The van der Waals surface area contributed by atoms with Gasteiger partial charge in [0.15, 0.2) is 0 Å². The van der Waals surface area contributed by atoms with Crippen molar-refractivity contribution in [2.45, 2.75) is 19.1 Å². The number of urea groups is 1. The number of hydrogen-bond acceptors (Lipinski definition) is 3. The molecule has 0 aliphatic rings. The maximum atomic E-state index is 12.7. The van der Waals surface area contributed by atoms with Crippen LogP contribution in [0.15, 0.2) is 48.5 Å². The molecule has 1 unspecified atom stereocenters. The van der Waals surface area contributed by atoms with Crippen molar-refractivity contribution < 1.29 is 28.0 Å². The largest absolute Gasteiger partial charge is 0.416 e. The van der Waals surface area contributed by atoms with Crippen LogP contribution in [0.1, 0.15) is 34.5 Å². The van der Waals surface area contributed by atoms with E-state index in [0.29, 0.717) is 5.56 Å². The predicted octanol–water partition coefficient (Wildman–Crippen LogP) is 3.71. The first-order chi connectivity index (χ1) is 12.2. The number of nitrogens with one attached hydrogen (secondary N) is 3. The van der Waals surface area contributed by atoms with Gasteiger partial charge in [-0.3, -0.25) is 10.0 Å². The molecule has 0 saturated carbocycles. The monoisotopic (exact) mass is 367 g/mol. The lowest BCUT2D eigenvalue weighted by molar-refractivity contribution is -0.137. The Morgan fingerprint density at radius 3 is 2.31 bits per heavy atom. The molecule has 0 radical (unpaired) electrons. The minimum Gasteiger partial charge on any atom is -0.331 e. The predicted molar refractivity (Wildman–Crippen MR) is 87.7 cm³/mol. The molecule has 0 saturated heterocycles. The van der Waals surface area contributed by atoms with E-state index in [1.165, 1.54) is 29.7 Å². The lowest BCUT2D eigenvalue weighted by atomic mass is 10.1. The fourth-order valence-electron chi connectivity index (χ4n) is 2.21. The number of carbonyl (C=O) groups excluding carboxylic acids is 2. The molecule has 6 nitrogen and oxygen atoms in total. The highest BCUT2D eigenvalue weighted by molar-refractivity contribution is 5.93. The van der Waals surface area contributed by atoms with E-state index in [4.69, 9.17) is 5.21 Å². The van der Waals surface area contributed by atoms with Gasteiger partial charge < -0.3 is 10.6 Å². The number of rotatable bonds is 4. The van der Waals surface area contributed by atoms with Crippen molar-refractivity contribution in [3.05, 3.63) is 65.2 Å². The Balaban J connectivity index is 2.00. The summed E-state index contributed by atoms with van der Waals surface area (Å²) in [7, 11) is 0. The van der Waals surface area contributed by atoms with Crippen LogP contribution >= 0.6 is 0 Å². The summed E-state index contributed by atoms with van der Waals surface area (Å²) in [6.45, 7) is 1.67. The molecular weight excluding hydrogens is 351 g/mol. The smallest absolute Gasteiger partial charge is 0.331 e. The van der Waals surface area contributed by atoms with Crippen molar-refractivity contribution in [1.82, 2.24) is 10.8 Å². The second-order valence-electron chi connectivity index (χ2n) is 5.46. The van der Waals surface area contributed by atoms with Gasteiger partial charge in [-0.2, -0.15) is 13.2 Å². The molecule has 0 aliphatic carbocycles. The van der Waals surface area contributed by atoms with E-state index in [2.05, 4.69) is 10.6 Å². The first kappa shape index (κ1) is 19.3. The number of halogens is 3. The number of carbonyl (C=O) groups is 2. The highest BCUT2D eigenvalue weighted by atomic mass is 19.4. The molecule has 3 amide bonds. The van der Waals surface area contributed by atoms with E-state index < -0.39 is 29.7 Å². The van der Waals surface area contributed by atoms with Crippen LogP contribution in [0.2, 0.25) is 0 Å². The fraction of sp³-hybridized carbons (Fsp3) is 0.176. The summed E-state index contributed by atoms with van der Waals surface area (Å²) < 4.78 is 38.0. The number of hydroxylamine groups is 1. The van der Waals surface area contributed by atoms with Crippen LogP contribution in [0.3, 0.4) is 0 Å². The average Bonchev–Trinajstić information content (AvgIpc) is 2.60. The number of hydrogen-bond donors (Lipinski definition) is 4. The second kappa shape index (κ2) is 7.87. The third-order valence-corrected chi connectivity index (χ3v) is 3.57. The molecule has 2 aromatic rings. The van der Waals surface area contributed by atoms with E-state index in [1.807, 2.05) is 0 Å². The second-order valence-corrected chi connectivity index (χ2v) is 5.46. The van der Waals surface area contributed by atoms with Gasteiger partial charge in [-0.05, 0) is 42.8 Å². The van der Waals surface area contributed by atoms with E-state index in [-0.39, 0.29) is 11.3 Å². The zero-order chi connectivity index (χ0) is 19.3. The van der Waals surface area contributed by atoms with Gasteiger partial charge in [-0.25, -0.2) is 10.3 Å². The molecule has 0 heterocycles. The van der Waals surface area contributed by atoms with Crippen LogP contribution in [0.25, 0.3) is 0 Å². The molecule has 1 atom stereocenters. The summed E-state index contributed by atoms with van der Waals surface area (Å²) in [4.78, 5) is 23.2. The van der Waals surface area contributed by atoms with E-state index in [1.54, 1.807) is 19.1 Å². The Hall–Kier alpha value is -3.07. The highest BCUT2D eigenvalue weighted by Gasteiger charge is 2.30. The molecule has 26 heavy (non-hydrogen) atoms. The Kier molecular flexibility index (Phi) is 5.83. The summed E-state index contributed by atoms with van der Waals surface area (Å²) in [5.41, 5.74) is 1.56. The Morgan fingerprint density at radius 1 is 1.08 bits per heavy atom. The maximum absolute atomic E-state index is 12.7. The molecule has 0 fully saturated rings. The molecule has 0 aliphatic heterocycles. The molecule has 0 bridgehead atoms. The lowest BCUT2D eigenvalue weighted by Crippen LogP contribution is -2.31. The molecular formula is C17H16F3N3O3. The van der Waals surface area contributed by atoms with Crippen molar-refractivity contribution in [3.8, 4) is 0 Å². The van der Waals surface area contributed by atoms with Crippen LogP contribution in [0.4, 0.5) is 23.7 Å². The van der Waals surface area contributed by atoms with E-state index in [0.717, 1.165) is 12.1 Å². The van der Waals surface area contributed by atoms with Crippen molar-refractivity contribution in [3.63, 3.8) is 0 Å². The molecule has 9 heteroatoms. The first-order valence-electron chi connectivity index (χ1n) is 7.50. The summed E-state index contributed by atoms with van der Waals surface area (Å²) in [6, 6.07) is 9.25.